The van der Waals surface area contributed by atoms with Crippen LogP contribution in [-0.2, 0) is 16.1 Å². The number of nitrogens with zero attached hydrogens (tertiary/aromatic N) is 4. The van der Waals surface area contributed by atoms with E-state index in [-0.39, 0.29) is 24.3 Å². The first kappa shape index (κ1) is 24.2. The summed E-state index contributed by atoms with van der Waals surface area (Å²) >= 11 is 0. The number of para-hydroxylation sites is 2. The molecule has 3 aliphatic heterocycles. The number of carbonyl (C=O) groups is 3. The Balaban J connectivity index is 1.02. The van der Waals surface area contributed by atoms with Gasteiger partial charge in [-0.3, -0.25) is 29.6 Å². The summed E-state index contributed by atoms with van der Waals surface area (Å²) in [6.45, 7) is 2.26. The van der Waals surface area contributed by atoms with Gasteiger partial charge in [-0.1, -0.05) is 18.6 Å². The number of hydrogen-bond donors (Lipinski definition) is 1. The summed E-state index contributed by atoms with van der Waals surface area (Å²) in [7, 11) is 0. The van der Waals surface area contributed by atoms with E-state index in [4.69, 9.17) is 9.72 Å². The number of amides is 3. The van der Waals surface area contributed by atoms with Crippen molar-refractivity contribution >= 4 is 28.8 Å². The third-order valence-corrected chi connectivity index (χ3v) is 8.71. The molecule has 3 amide bonds. The van der Waals surface area contributed by atoms with Gasteiger partial charge in [-0.15, -0.1) is 0 Å². The number of ether oxygens (including phenoxy) is 1. The van der Waals surface area contributed by atoms with Gasteiger partial charge in [0.05, 0.1) is 16.7 Å². The smallest absolute Gasteiger partial charge is 0.255 e. The third kappa shape index (κ3) is 4.44. The van der Waals surface area contributed by atoms with Crippen molar-refractivity contribution in [3.05, 3.63) is 65.5 Å². The summed E-state index contributed by atoms with van der Waals surface area (Å²) in [5.74, 6) is 0.313. The van der Waals surface area contributed by atoms with Gasteiger partial charge < -0.3 is 9.64 Å². The van der Waals surface area contributed by atoms with E-state index in [1.807, 2.05) is 48.7 Å². The van der Waals surface area contributed by atoms with Crippen LogP contribution in [0.25, 0.3) is 11.0 Å². The fourth-order valence-electron chi connectivity index (χ4n) is 6.57. The van der Waals surface area contributed by atoms with Crippen LogP contribution >= 0.6 is 0 Å². The van der Waals surface area contributed by atoms with Crippen molar-refractivity contribution in [3.8, 4) is 5.75 Å². The molecule has 4 heterocycles. The van der Waals surface area contributed by atoms with E-state index < -0.39 is 11.9 Å². The Kier molecular flexibility index (Phi) is 6.03. The van der Waals surface area contributed by atoms with Gasteiger partial charge in [0.15, 0.2) is 0 Å². The highest BCUT2D eigenvalue weighted by molar-refractivity contribution is 6.05. The fourth-order valence-corrected chi connectivity index (χ4v) is 6.57. The molecule has 2 saturated heterocycles. The molecule has 0 spiro atoms. The Morgan fingerprint density at radius 2 is 1.77 bits per heavy atom. The first-order valence-electron chi connectivity index (χ1n) is 13.9. The Labute approximate surface area is 226 Å². The molecule has 9 heteroatoms. The van der Waals surface area contributed by atoms with Crippen LogP contribution in [0.5, 0.6) is 5.75 Å². The van der Waals surface area contributed by atoms with E-state index in [2.05, 4.69) is 15.2 Å². The molecular formula is C30H31N5O4. The summed E-state index contributed by atoms with van der Waals surface area (Å²) < 4.78 is 6.58. The second-order valence-corrected chi connectivity index (χ2v) is 11.2. The quantitative estimate of drug-likeness (QED) is 0.510. The summed E-state index contributed by atoms with van der Waals surface area (Å²) in [5.41, 5.74) is 4.40. The van der Waals surface area contributed by atoms with Gasteiger partial charge in [-0.2, -0.15) is 0 Å². The highest BCUT2D eigenvalue weighted by Gasteiger charge is 2.41. The number of piperidine rings is 1. The molecule has 3 aromatic rings. The van der Waals surface area contributed by atoms with E-state index in [0.29, 0.717) is 30.5 Å². The van der Waals surface area contributed by atoms with E-state index in [1.165, 1.54) is 6.42 Å². The van der Waals surface area contributed by atoms with Crippen LogP contribution in [-0.4, -0.2) is 68.8 Å². The first-order chi connectivity index (χ1) is 19.0. The maximum absolute atomic E-state index is 13.0. The van der Waals surface area contributed by atoms with Gasteiger partial charge in [-0.05, 0) is 61.6 Å². The lowest BCUT2D eigenvalue weighted by Gasteiger charge is -2.48. The van der Waals surface area contributed by atoms with Crippen molar-refractivity contribution in [2.24, 2.45) is 0 Å². The van der Waals surface area contributed by atoms with Gasteiger partial charge in [-0.25, -0.2) is 4.98 Å². The van der Waals surface area contributed by atoms with Gasteiger partial charge >= 0.3 is 0 Å². The SMILES string of the molecule is O=C1CCC(N2Cc3cc(O[C@@H]4CCCC[C@@H]4N4CC(c5cnc6ccccc6n5)C4)ccc3C2=O)C(=O)N1. The van der Waals surface area contributed by atoms with E-state index >= 15 is 0 Å². The highest BCUT2D eigenvalue weighted by Crippen LogP contribution is 2.36. The number of likely N-dealkylation sites (tertiary alicyclic amines) is 1. The van der Waals surface area contributed by atoms with Crippen molar-refractivity contribution in [2.45, 2.75) is 69.2 Å². The molecule has 200 valence electrons. The largest absolute Gasteiger partial charge is 0.489 e. The van der Waals surface area contributed by atoms with Crippen LogP contribution in [0.3, 0.4) is 0 Å². The average Bonchev–Trinajstić information content (AvgIpc) is 3.24. The van der Waals surface area contributed by atoms with Crippen LogP contribution in [0.15, 0.2) is 48.7 Å². The molecule has 3 atom stereocenters. The van der Waals surface area contributed by atoms with Crippen molar-refractivity contribution < 1.29 is 19.1 Å². The van der Waals surface area contributed by atoms with Gasteiger partial charge in [0, 0.05) is 49.8 Å². The monoisotopic (exact) mass is 525 g/mol. The molecule has 1 aliphatic carbocycles. The fraction of sp³-hybridized carbons (Fsp3) is 0.433. The average molecular weight is 526 g/mol. The predicted molar refractivity (Wildman–Crippen MR) is 143 cm³/mol. The molecule has 1 saturated carbocycles. The lowest BCUT2D eigenvalue weighted by atomic mass is 9.86. The number of nitrogens with one attached hydrogen (secondary N) is 1. The zero-order chi connectivity index (χ0) is 26.5. The normalized spacial score (nSPS) is 25.9. The highest BCUT2D eigenvalue weighted by atomic mass is 16.5. The summed E-state index contributed by atoms with van der Waals surface area (Å²) in [4.78, 5) is 50.5. The minimum atomic E-state index is -0.610. The van der Waals surface area contributed by atoms with Crippen molar-refractivity contribution in [3.63, 3.8) is 0 Å². The lowest BCUT2D eigenvalue weighted by molar-refractivity contribution is -0.136. The van der Waals surface area contributed by atoms with Crippen LogP contribution in [0, 0.1) is 0 Å². The molecule has 0 radical (unpaired) electrons. The van der Waals surface area contributed by atoms with Crippen LogP contribution in [0.2, 0.25) is 0 Å². The Morgan fingerprint density at radius 1 is 0.949 bits per heavy atom. The molecule has 7 rings (SSSR count). The molecule has 39 heavy (non-hydrogen) atoms. The summed E-state index contributed by atoms with van der Waals surface area (Å²) in [5, 5.41) is 2.36. The number of hydrogen-bond acceptors (Lipinski definition) is 7. The maximum Gasteiger partial charge on any atom is 0.255 e. The standard InChI is InChI=1S/C30H31N5O4/c36-28-12-11-26(29(37)33-28)35-17-18-13-20(9-10-21(18)30(35)38)39-27-8-4-3-7-25(27)34-15-19(16-34)24-14-31-22-5-1-2-6-23(22)32-24/h1-2,5-6,9-10,13-14,19,25-27H,3-4,7-8,11-12,15-17H2,(H,33,36,37)/t25-,26?,27+/m0/s1. The van der Waals surface area contributed by atoms with Crippen LogP contribution < -0.4 is 10.1 Å². The van der Waals surface area contributed by atoms with Crippen LogP contribution in [0.4, 0.5) is 0 Å². The second kappa shape index (κ2) is 9.72. The topological polar surface area (TPSA) is 105 Å². The molecule has 2 aromatic carbocycles. The predicted octanol–water partition coefficient (Wildman–Crippen LogP) is 3.18. The van der Waals surface area contributed by atoms with E-state index in [9.17, 15) is 14.4 Å². The lowest BCUT2D eigenvalue weighted by Crippen LogP contribution is -2.57. The minimum absolute atomic E-state index is 0.0868. The number of fused-ring (bicyclic) bond motifs is 2. The van der Waals surface area contributed by atoms with Gasteiger partial charge in [0.25, 0.3) is 5.91 Å². The molecule has 1 aromatic heterocycles. The zero-order valence-electron chi connectivity index (χ0n) is 21.7. The van der Waals surface area contributed by atoms with Gasteiger partial charge in [0.2, 0.25) is 11.8 Å². The van der Waals surface area contributed by atoms with Crippen molar-refractivity contribution in [1.29, 1.82) is 0 Å². The Bertz CT molecular complexity index is 1470. The number of carbonyl (C=O) groups excluding carboxylic acids is 3. The molecule has 1 N–H and O–H groups in total. The molecule has 4 aliphatic rings. The van der Waals surface area contributed by atoms with Gasteiger partial charge in [0.1, 0.15) is 17.9 Å². The van der Waals surface area contributed by atoms with Crippen LogP contribution in [0.1, 0.15) is 66.1 Å². The second-order valence-electron chi connectivity index (χ2n) is 11.2. The van der Waals surface area contributed by atoms with Crippen molar-refractivity contribution in [1.82, 2.24) is 25.1 Å². The number of benzene rings is 2. The third-order valence-electron chi connectivity index (χ3n) is 8.71. The molecular weight excluding hydrogens is 494 g/mol. The molecule has 3 fully saturated rings. The zero-order valence-corrected chi connectivity index (χ0v) is 21.7. The number of aromatic nitrogens is 2. The first-order valence-corrected chi connectivity index (χ1v) is 13.9. The molecule has 9 nitrogen and oxygen atoms in total. The van der Waals surface area contributed by atoms with E-state index in [0.717, 1.165) is 60.4 Å². The number of imide groups is 1. The summed E-state index contributed by atoms with van der Waals surface area (Å²) in [6, 6.07) is 13.4. The Hall–Kier alpha value is -3.85. The molecule has 0 bridgehead atoms. The van der Waals surface area contributed by atoms with Crippen molar-refractivity contribution in [2.75, 3.05) is 13.1 Å². The summed E-state index contributed by atoms with van der Waals surface area (Å²) in [6.07, 6.45) is 7.06. The number of rotatable bonds is 5. The maximum atomic E-state index is 13.0. The molecule has 1 unspecified atom stereocenters. The Morgan fingerprint density at radius 3 is 2.62 bits per heavy atom. The van der Waals surface area contributed by atoms with E-state index in [1.54, 1.807) is 4.90 Å². The minimum Gasteiger partial charge on any atom is -0.489 e.